The molecule has 2 aromatic rings. The van der Waals surface area contributed by atoms with E-state index in [-0.39, 0.29) is 22.5 Å². The monoisotopic (exact) mass is 243 g/mol. The third-order valence-electron chi connectivity index (χ3n) is 2.53. The molecule has 1 aromatic heterocycles. The molecule has 0 spiro atoms. The fourth-order valence-corrected chi connectivity index (χ4v) is 1.57. The Bertz CT molecular complexity index is 602. The maximum Gasteiger partial charge on any atom is 0.234 e. The molecule has 4 heteroatoms. The second kappa shape index (κ2) is 5.31. The van der Waals surface area contributed by atoms with Gasteiger partial charge in [-0.1, -0.05) is 30.3 Å². The SMILES string of the molecule is CC(=O)c1c[nH]cc(OCc2ccccc2)c1=O. The van der Waals surface area contributed by atoms with Crippen molar-refractivity contribution in [3.63, 3.8) is 0 Å². The molecule has 1 aromatic carbocycles. The molecule has 2 rings (SSSR count). The highest BCUT2D eigenvalue weighted by atomic mass is 16.5. The lowest BCUT2D eigenvalue weighted by atomic mass is 10.2. The summed E-state index contributed by atoms with van der Waals surface area (Å²) in [6.45, 7) is 1.65. The van der Waals surface area contributed by atoms with E-state index in [1.165, 1.54) is 19.3 Å². The molecule has 92 valence electrons. The van der Waals surface area contributed by atoms with Gasteiger partial charge in [0.25, 0.3) is 0 Å². The van der Waals surface area contributed by atoms with Crippen LogP contribution in [0.25, 0.3) is 0 Å². The standard InChI is InChI=1S/C14H13NO3/c1-10(16)12-7-15-8-13(14(12)17)18-9-11-5-3-2-4-6-11/h2-8H,9H2,1H3,(H,15,17). The molecule has 0 fully saturated rings. The number of H-pyrrole nitrogens is 1. The van der Waals surface area contributed by atoms with E-state index in [2.05, 4.69) is 4.98 Å². The minimum atomic E-state index is -0.378. The van der Waals surface area contributed by atoms with Crippen molar-refractivity contribution in [3.05, 3.63) is 64.1 Å². The van der Waals surface area contributed by atoms with Gasteiger partial charge in [0.05, 0.1) is 5.56 Å². The zero-order chi connectivity index (χ0) is 13.0. The topological polar surface area (TPSA) is 59.2 Å². The Morgan fingerprint density at radius 3 is 2.61 bits per heavy atom. The number of aromatic amines is 1. The molecule has 0 aliphatic carbocycles. The average Bonchev–Trinajstić information content (AvgIpc) is 2.38. The third kappa shape index (κ3) is 2.66. The number of ether oxygens (including phenoxy) is 1. The summed E-state index contributed by atoms with van der Waals surface area (Å²) in [7, 11) is 0. The lowest BCUT2D eigenvalue weighted by molar-refractivity contribution is 0.101. The molecule has 0 bridgehead atoms. The first-order chi connectivity index (χ1) is 8.68. The summed E-state index contributed by atoms with van der Waals surface area (Å²) in [4.78, 5) is 25.8. The van der Waals surface area contributed by atoms with E-state index < -0.39 is 0 Å². The number of carbonyl (C=O) groups is 1. The fraction of sp³-hybridized carbons (Fsp3) is 0.143. The Morgan fingerprint density at radius 2 is 1.94 bits per heavy atom. The quantitative estimate of drug-likeness (QED) is 0.837. The smallest absolute Gasteiger partial charge is 0.234 e. The van der Waals surface area contributed by atoms with E-state index in [1.54, 1.807) is 0 Å². The van der Waals surface area contributed by atoms with Gasteiger partial charge in [0, 0.05) is 12.4 Å². The van der Waals surface area contributed by atoms with Crippen LogP contribution in [0.15, 0.2) is 47.5 Å². The highest BCUT2D eigenvalue weighted by Gasteiger charge is 2.09. The fourth-order valence-electron chi connectivity index (χ4n) is 1.57. The molecule has 0 unspecified atom stereocenters. The Hall–Kier alpha value is -2.36. The van der Waals surface area contributed by atoms with Gasteiger partial charge in [0.15, 0.2) is 11.5 Å². The maximum atomic E-state index is 11.9. The number of hydrogen-bond donors (Lipinski definition) is 1. The molecule has 0 aliphatic rings. The number of ketones is 1. The van der Waals surface area contributed by atoms with Crippen LogP contribution < -0.4 is 10.2 Å². The molecule has 0 saturated heterocycles. The zero-order valence-corrected chi connectivity index (χ0v) is 9.97. The predicted octanol–water partition coefficient (Wildman–Crippen LogP) is 2.16. The van der Waals surface area contributed by atoms with Crippen molar-refractivity contribution in [1.82, 2.24) is 4.98 Å². The van der Waals surface area contributed by atoms with Crippen molar-refractivity contribution in [3.8, 4) is 5.75 Å². The second-order valence-corrected chi connectivity index (χ2v) is 3.89. The zero-order valence-electron chi connectivity index (χ0n) is 9.97. The van der Waals surface area contributed by atoms with Crippen LogP contribution in [0.2, 0.25) is 0 Å². The van der Waals surface area contributed by atoms with Gasteiger partial charge in [-0.3, -0.25) is 9.59 Å². The maximum absolute atomic E-state index is 11.9. The molecule has 0 saturated carbocycles. The van der Waals surface area contributed by atoms with Crippen LogP contribution in [0.3, 0.4) is 0 Å². The van der Waals surface area contributed by atoms with E-state index in [0.717, 1.165) is 5.56 Å². The van der Waals surface area contributed by atoms with Crippen molar-refractivity contribution >= 4 is 5.78 Å². The molecule has 0 atom stereocenters. The van der Waals surface area contributed by atoms with E-state index in [0.29, 0.717) is 6.61 Å². The summed E-state index contributed by atoms with van der Waals surface area (Å²) in [6.07, 6.45) is 2.84. The Kier molecular flexibility index (Phi) is 3.57. The van der Waals surface area contributed by atoms with Gasteiger partial charge in [-0.2, -0.15) is 0 Å². The van der Waals surface area contributed by atoms with E-state index >= 15 is 0 Å². The number of rotatable bonds is 4. The van der Waals surface area contributed by atoms with Gasteiger partial charge in [0.2, 0.25) is 5.43 Å². The molecule has 4 nitrogen and oxygen atoms in total. The molecule has 0 radical (unpaired) electrons. The minimum absolute atomic E-state index is 0.112. The summed E-state index contributed by atoms with van der Waals surface area (Å²) in [5.41, 5.74) is 0.697. The highest BCUT2D eigenvalue weighted by Crippen LogP contribution is 2.07. The van der Waals surface area contributed by atoms with Gasteiger partial charge in [0.1, 0.15) is 6.61 Å². The largest absolute Gasteiger partial charge is 0.483 e. The van der Waals surface area contributed by atoms with Crippen LogP contribution >= 0.6 is 0 Å². The molecule has 0 aliphatic heterocycles. The van der Waals surface area contributed by atoms with Crippen molar-refractivity contribution < 1.29 is 9.53 Å². The van der Waals surface area contributed by atoms with Crippen molar-refractivity contribution in [1.29, 1.82) is 0 Å². The third-order valence-corrected chi connectivity index (χ3v) is 2.53. The van der Waals surface area contributed by atoms with Crippen LogP contribution in [0.1, 0.15) is 22.8 Å². The summed E-state index contributed by atoms with van der Waals surface area (Å²) in [5, 5.41) is 0. The van der Waals surface area contributed by atoms with Crippen LogP contribution in [0.4, 0.5) is 0 Å². The number of hydrogen-bond acceptors (Lipinski definition) is 3. The second-order valence-electron chi connectivity index (χ2n) is 3.89. The van der Waals surface area contributed by atoms with Crippen LogP contribution in [0.5, 0.6) is 5.75 Å². The number of benzene rings is 1. The number of Topliss-reactive ketones (excluding diaryl/α,β-unsaturated/α-hetero) is 1. The molecule has 1 N–H and O–H groups in total. The molecular weight excluding hydrogens is 230 g/mol. The normalized spacial score (nSPS) is 10.1. The van der Waals surface area contributed by atoms with Crippen molar-refractivity contribution in [2.45, 2.75) is 13.5 Å². The van der Waals surface area contributed by atoms with Gasteiger partial charge in [-0.15, -0.1) is 0 Å². The van der Waals surface area contributed by atoms with E-state index in [9.17, 15) is 9.59 Å². The van der Waals surface area contributed by atoms with Crippen LogP contribution in [-0.4, -0.2) is 10.8 Å². The predicted molar refractivity (Wildman–Crippen MR) is 67.8 cm³/mol. The number of nitrogens with one attached hydrogen (secondary N) is 1. The Morgan fingerprint density at radius 1 is 1.22 bits per heavy atom. The summed E-state index contributed by atoms with van der Waals surface area (Å²) in [6, 6.07) is 9.52. The molecular formula is C14H13NO3. The summed E-state index contributed by atoms with van der Waals surface area (Å²) < 4.78 is 5.42. The van der Waals surface area contributed by atoms with E-state index in [1.807, 2.05) is 30.3 Å². The van der Waals surface area contributed by atoms with Crippen LogP contribution in [-0.2, 0) is 6.61 Å². The van der Waals surface area contributed by atoms with E-state index in [4.69, 9.17) is 4.74 Å². The van der Waals surface area contributed by atoms with Gasteiger partial charge in [-0.05, 0) is 12.5 Å². The van der Waals surface area contributed by atoms with Crippen LogP contribution in [0, 0.1) is 0 Å². The first kappa shape index (κ1) is 12.1. The average molecular weight is 243 g/mol. The molecule has 0 amide bonds. The van der Waals surface area contributed by atoms with Crippen molar-refractivity contribution in [2.75, 3.05) is 0 Å². The van der Waals surface area contributed by atoms with Gasteiger partial charge < -0.3 is 9.72 Å². The summed E-state index contributed by atoms with van der Waals surface area (Å²) >= 11 is 0. The Balaban J connectivity index is 2.18. The first-order valence-corrected chi connectivity index (χ1v) is 5.57. The van der Waals surface area contributed by atoms with Gasteiger partial charge >= 0.3 is 0 Å². The van der Waals surface area contributed by atoms with Crippen molar-refractivity contribution in [2.24, 2.45) is 0 Å². The Labute approximate surface area is 104 Å². The number of carbonyl (C=O) groups excluding carboxylic acids is 1. The summed E-state index contributed by atoms with van der Waals surface area (Å²) in [5.74, 6) is -0.118. The number of aromatic nitrogens is 1. The minimum Gasteiger partial charge on any atom is -0.483 e. The molecule has 1 heterocycles. The lowest BCUT2D eigenvalue weighted by Crippen LogP contribution is -2.16. The highest BCUT2D eigenvalue weighted by molar-refractivity contribution is 5.93. The molecule has 18 heavy (non-hydrogen) atoms. The lowest BCUT2D eigenvalue weighted by Gasteiger charge is -2.06. The van der Waals surface area contributed by atoms with Gasteiger partial charge in [-0.25, -0.2) is 0 Å². The number of pyridine rings is 1. The first-order valence-electron chi connectivity index (χ1n) is 5.57.